The number of rotatable bonds is 10. The van der Waals surface area contributed by atoms with Gasteiger partial charge < -0.3 is 40.3 Å². The van der Waals surface area contributed by atoms with E-state index in [4.69, 9.17) is 14.0 Å². The van der Waals surface area contributed by atoms with Crippen molar-refractivity contribution in [1.82, 2.24) is 0 Å². The van der Waals surface area contributed by atoms with Crippen molar-refractivity contribution in [3.05, 3.63) is 42.5 Å². The lowest BCUT2D eigenvalue weighted by atomic mass is 9.92. The van der Waals surface area contributed by atoms with Crippen molar-refractivity contribution in [2.75, 3.05) is 11.9 Å². The minimum Gasteiger partial charge on any atom is -0.458 e. The molecule has 0 bridgehead atoms. The largest absolute Gasteiger partial charge is 0.466 e. The molecule has 0 spiro atoms. The Morgan fingerprint density at radius 1 is 1.26 bits per heavy atom. The molecule has 3 rings (SSSR count). The monoisotopic (exact) mass is 578 g/mol. The summed E-state index contributed by atoms with van der Waals surface area (Å²) in [6.45, 7) is 2.77. The summed E-state index contributed by atoms with van der Waals surface area (Å²) in [5.41, 5.74) is -3.15. The van der Waals surface area contributed by atoms with Gasteiger partial charge in [-0.3, -0.25) is 14.1 Å². The number of carbonyl (C=O) groups is 2. The number of amides is 1. The molecule has 7 atom stereocenters. The molecule has 2 heterocycles. The summed E-state index contributed by atoms with van der Waals surface area (Å²) in [7, 11) is -5.08. The summed E-state index contributed by atoms with van der Waals surface area (Å²) in [5.74, 6) is -1.88. The molecule has 15 nitrogen and oxygen atoms in total. The Balaban J connectivity index is 1.74. The van der Waals surface area contributed by atoms with Crippen molar-refractivity contribution in [3.8, 4) is 0 Å². The molecule has 1 fully saturated rings. The number of carbonyl (C=O) groups excluding carboxylic acids is 2. The Labute approximate surface area is 220 Å². The van der Waals surface area contributed by atoms with Crippen LogP contribution in [0.4, 0.5) is 5.69 Å². The highest BCUT2D eigenvalue weighted by atomic mass is 32.3. The SMILES string of the molecule is C=CC(C/C(=N/OS(=O)(=O)O)S[C@@H]1O[C@H](CO)[C@@H](O)[C@H](O)[C@H]1O)OC(=O)CC1(O)C(=O)Nc2ccccc21. The van der Waals surface area contributed by atoms with E-state index in [9.17, 15) is 43.5 Å². The second-order valence-corrected chi connectivity index (χ2v) is 10.5. The predicted molar refractivity (Wildman–Crippen MR) is 130 cm³/mol. The normalized spacial score (nSPS) is 30.2. The number of fused-ring (bicyclic) bond motifs is 1. The first-order valence-corrected chi connectivity index (χ1v) is 13.2. The van der Waals surface area contributed by atoms with Gasteiger partial charge in [0.1, 0.15) is 41.0 Å². The minimum absolute atomic E-state index is 0.166. The van der Waals surface area contributed by atoms with E-state index in [1.54, 1.807) is 12.1 Å². The lowest BCUT2D eigenvalue weighted by Gasteiger charge is -2.39. The lowest BCUT2D eigenvalue weighted by Crippen LogP contribution is -2.57. The molecule has 0 aromatic heterocycles. The molecule has 0 radical (unpaired) electrons. The Morgan fingerprint density at radius 2 is 1.95 bits per heavy atom. The van der Waals surface area contributed by atoms with Crippen LogP contribution in [0.1, 0.15) is 18.4 Å². The van der Waals surface area contributed by atoms with Crippen LogP contribution in [0.25, 0.3) is 0 Å². The van der Waals surface area contributed by atoms with Gasteiger partial charge in [0.25, 0.3) is 5.91 Å². The van der Waals surface area contributed by atoms with Crippen molar-refractivity contribution in [2.45, 2.75) is 54.4 Å². The summed E-state index contributed by atoms with van der Waals surface area (Å²) in [6.07, 6.45) is -7.84. The number of esters is 1. The summed E-state index contributed by atoms with van der Waals surface area (Å²) in [4.78, 5) is 25.0. The fourth-order valence-corrected chi connectivity index (χ4v) is 5.07. The molecule has 0 saturated carbocycles. The van der Waals surface area contributed by atoms with E-state index < -0.39 is 83.3 Å². The quantitative estimate of drug-likeness (QED) is 0.0412. The molecule has 38 heavy (non-hydrogen) atoms. The smallest absolute Gasteiger partial charge is 0.458 e. The van der Waals surface area contributed by atoms with Crippen LogP contribution >= 0.6 is 11.8 Å². The maximum Gasteiger partial charge on any atom is 0.466 e. The third-order valence-electron chi connectivity index (χ3n) is 5.65. The zero-order chi connectivity index (χ0) is 28.3. The van der Waals surface area contributed by atoms with Gasteiger partial charge in [0.15, 0.2) is 5.60 Å². The van der Waals surface area contributed by atoms with Crippen molar-refractivity contribution in [3.63, 3.8) is 0 Å². The predicted octanol–water partition coefficient (Wildman–Crippen LogP) is -1.63. The lowest BCUT2D eigenvalue weighted by molar-refractivity contribution is -0.205. The molecule has 1 amide bonds. The number of anilines is 1. The fourth-order valence-electron chi connectivity index (χ4n) is 3.74. The van der Waals surface area contributed by atoms with Gasteiger partial charge in [0.2, 0.25) is 0 Å². The average Bonchev–Trinajstić information content (AvgIpc) is 3.10. The maximum absolute atomic E-state index is 12.7. The Hall–Kier alpha value is -2.61. The highest BCUT2D eigenvalue weighted by Crippen LogP contribution is 2.38. The van der Waals surface area contributed by atoms with E-state index in [2.05, 4.69) is 21.3 Å². The number of oxime groups is 1. The summed E-state index contributed by atoms with van der Waals surface area (Å²) >= 11 is 0.476. The number of benzene rings is 1. The second-order valence-electron chi connectivity index (χ2n) is 8.31. The molecule has 1 saturated heterocycles. The number of thioether (sulfide) groups is 1. The molecule has 0 aliphatic carbocycles. The first-order chi connectivity index (χ1) is 17.8. The number of aliphatic hydroxyl groups is 5. The highest BCUT2D eigenvalue weighted by Gasteiger charge is 2.48. The van der Waals surface area contributed by atoms with Crippen molar-refractivity contribution < 1.29 is 61.8 Å². The van der Waals surface area contributed by atoms with Crippen LogP contribution in [0.3, 0.4) is 0 Å². The topological polar surface area (TPSA) is 242 Å². The number of hydrogen-bond acceptors (Lipinski definition) is 14. The third-order valence-corrected chi connectivity index (χ3v) is 7.05. The molecule has 1 aromatic carbocycles. The van der Waals surface area contributed by atoms with Gasteiger partial charge in [-0.15, -0.1) is 0 Å². The molecule has 7 N–H and O–H groups in total. The summed E-state index contributed by atoms with van der Waals surface area (Å²) < 4.78 is 45.6. The molecule has 2 unspecified atom stereocenters. The van der Waals surface area contributed by atoms with Gasteiger partial charge in [0, 0.05) is 17.7 Å². The van der Waals surface area contributed by atoms with Gasteiger partial charge >= 0.3 is 16.4 Å². The van der Waals surface area contributed by atoms with Crippen molar-refractivity contribution in [2.24, 2.45) is 5.16 Å². The number of hydrogen-bond donors (Lipinski definition) is 7. The van der Waals surface area contributed by atoms with E-state index in [0.29, 0.717) is 17.4 Å². The van der Waals surface area contributed by atoms with Gasteiger partial charge in [-0.25, -0.2) is 4.28 Å². The highest BCUT2D eigenvalue weighted by molar-refractivity contribution is 8.14. The van der Waals surface area contributed by atoms with Crippen LogP contribution in [-0.2, 0) is 39.3 Å². The van der Waals surface area contributed by atoms with Crippen molar-refractivity contribution >= 4 is 44.8 Å². The number of para-hydroxylation sites is 1. The van der Waals surface area contributed by atoms with Crippen LogP contribution in [-0.4, -0.2) is 98.0 Å². The molecule has 17 heteroatoms. The van der Waals surface area contributed by atoms with Gasteiger partial charge in [0.05, 0.1) is 13.0 Å². The van der Waals surface area contributed by atoms with E-state index in [-0.39, 0.29) is 10.6 Å². The van der Waals surface area contributed by atoms with Gasteiger partial charge in [-0.1, -0.05) is 47.8 Å². The summed E-state index contributed by atoms with van der Waals surface area (Å²) in [5, 5.41) is 55.8. The summed E-state index contributed by atoms with van der Waals surface area (Å²) in [6, 6.07) is 6.19. The zero-order valence-corrected chi connectivity index (χ0v) is 21.1. The van der Waals surface area contributed by atoms with Crippen LogP contribution in [0.5, 0.6) is 0 Å². The van der Waals surface area contributed by atoms with E-state index in [1.807, 2.05) is 0 Å². The number of aliphatic hydroxyl groups excluding tert-OH is 4. The van der Waals surface area contributed by atoms with E-state index >= 15 is 0 Å². The number of nitrogens with one attached hydrogen (secondary N) is 1. The van der Waals surface area contributed by atoms with Crippen LogP contribution in [0, 0.1) is 0 Å². The van der Waals surface area contributed by atoms with Gasteiger partial charge in [-0.05, 0) is 6.07 Å². The van der Waals surface area contributed by atoms with E-state index in [1.165, 1.54) is 12.1 Å². The van der Waals surface area contributed by atoms with Gasteiger partial charge in [-0.2, -0.15) is 8.42 Å². The van der Waals surface area contributed by atoms with E-state index in [0.717, 1.165) is 6.08 Å². The maximum atomic E-state index is 12.7. The molecule has 210 valence electrons. The molecule has 2 aliphatic heterocycles. The Kier molecular flexibility index (Phi) is 9.50. The first-order valence-electron chi connectivity index (χ1n) is 10.9. The standard InChI is InChI=1S/C21H26N2O13S2/c1-2-10(34-15(25)8-21(30)11-5-3-4-6-12(11)22-20(21)29)7-14(23-36-38(31,32)33)37-19-18(28)17(27)16(26)13(9-24)35-19/h2-6,10,13,16-19,24,26-28,30H,1,7-9H2,(H,22,29)(H,31,32,33)/b23-14-/t10?,13-,16-,17+,18-,19+,21?/m1/s1. The number of ether oxygens (including phenoxy) is 2. The molecular formula is C21H26N2O13S2. The molecule has 1 aromatic rings. The molecule has 2 aliphatic rings. The van der Waals surface area contributed by atoms with Crippen molar-refractivity contribution in [1.29, 1.82) is 0 Å². The fraction of sp³-hybridized carbons (Fsp3) is 0.476. The Bertz CT molecular complexity index is 1190. The average molecular weight is 579 g/mol. The molecular weight excluding hydrogens is 552 g/mol. The first kappa shape index (κ1) is 29.9. The number of nitrogens with zero attached hydrogens (tertiary/aromatic N) is 1. The minimum atomic E-state index is -5.08. The second kappa shape index (κ2) is 12.1. The van der Waals surface area contributed by atoms with Crippen LogP contribution < -0.4 is 5.32 Å². The zero-order valence-electron chi connectivity index (χ0n) is 19.5. The Morgan fingerprint density at radius 3 is 2.58 bits per heavy atom. The van der Waals surface area contributed by atoms with Crippen LogP contribution in [0.2, 0.25) is 0 Å². The third kappa shape index (κ3) is 6.87. The van der Waals surface area contributed by atoms with Crippen LogP contribution in [0.15, 0.2) is 42.1 Å².